The molecule has 0 radical (unpaired) electrons. The highest BCUT2D eigenvalue weighted by Crippen LogP contribution is 2.33. The lowest BCUT2D eigenvalue weighted by Crippen LogP contribution is -2.41. The van der Waals surface area contributed by atoms with E-state index in [1.807, 2.05) is 11.9 Å². The van der Waals surface area contributed by atoms with Gasteiger partial charge in [0.1, 0.15) is 0 Å². The molecule has 3 rings (SSSR count). The fourth-order valence-electron chi connectivity index (χ4n) is 3.91. The molecule has 2 bridgehead atoms. The van der Waals surface area contributed by atoms with Crippen molar-refractivity contribution in [2.75, 3.05) is 13.6 Å². The maximum Gasteiger partial charge on any atom is 0.222 e. The summed E-state index contributed by atoms with van der Waals surface area (Å²) < 4.78 is 0. The summed E-state index contributed by atoms with van der Waals surface area (Å²) in [4.78, 5) is 14.2. The molecule has 1 saturated carbocycles. The molecule has 102 valence electrons. The Morgan fingerprint density at radius 1 is 1.11 bits per heavy atom. The number of nitrogens with zero attached hydrogens (tertiary/aromatic N) is 1. The van der Waals surface area contributed by atoms with Crippen LogP contribution in [0.4, 0.5) is 0 Å². The summed E-state index contributed by atoms with van der Waals surface area (Å²) in [6.45, 7) is 0.997. The van der Waals surface area contributed by atoms with Gasteiger partial charge in [-0.15, -0.1) is 0 Å². The van der Waals surface area contributed by atoms with E-state index in [-0.39, 0.29) is 0 Å². The van der Waals surface area contributed by atoms with Gasteiger partial charge < -0.3 is 10.2 Å². The van der Waals surface area contributed by atoms with E-state index < -0.39 is 0 Å². The SMILES string of the molecule is CN(CC1CCC1)C(=O)CC1CC2CCC(C1)N2. The van der Waals surface area contributed by atoms with Gasteiger partial charge in [-0.25, -0.2) is 0 Å². The third-order valence-electron chi connectivity index (χ3n) is 5.22. The maximum atomic E-state index is 12.2. The van der Waals surface area contributed by atoms with Crippen molar-refractivity contribution in [1.29, 1.82) is 0 Å². The van der Waals surface area contributed by atoms with E-state index in [1.165, 1.54) is 44.9 Å². The summed E-state index contributed by atoms with van der Waals surface area (Å²) in [5, 5.41) is 3.65. The van der Waals surface area contributed by atoms with Crippen molar-refractivity contribution in [2.45, 2.75) is 63.5 Å². The molecule has 2 aliphatic heterocycles. The van der Waals surface area contributed by atoms with E-state index in [4.69, 9.17) is 0 Å². The number of amides is 1. The van der Waals surface area contributed by atoms with E-state index in [0.717, 1.165) is 18.9 Å². The molecule has 3 fully saturated rings. The van der Waals surface area contributed by atoms with E-state index in [2.05, 4.69) is 5.32 Å². The second-order valence-corrected chi connectivity index (χ2v) is 6.75. The van der Waals surface area contributed by atoms with Crippen LogP contribution in [0.5, 0.6) is 0 Å². The van der Waals surface area contributed by atoms with Gasteiger partial charge in [-0.05, 0) is 50.4 Å². The number of nitrogens with one attached hydrogen (secondary N) is 1. The molecule has 1 aliphatic carbocycles. The predicted octanol–water partition coefficient (Wildman–Crippen LogP) is 2.17. The van der Waals surface area contributed by atoms with Crippen molar-refractivity contribution >= 4 is 5.91 Å². The lowest BCUT2D eigenvalue weighted by Gasteiger charge is -2.32. The van der Waals surface area contributed by atoms with Crippen LogP contribution in [-0.2, 0) is 4.79 Å². The minimum atomic E-state index is 0.383. The van der Waals surface area contributed by atoms with E-state index in [0.29, 0.717) is 23.9 Å². The van der Waals surface area contributed by atoms with Gasteiger partial charge in [0.05, 0.1) is 0 Å². The number of fused-ring (bicyclic) bond motifs is 2. The molecule has 2 heterocycles. The molecular formula is C15H26N2O. The summed E-state index contributed by atoms with van der Waals surface area (Å²) in [7, 11) is 2.00. The Morgan fingerprint density at radius 2 is 1.78 bits per heavy atom. The standard InChI is InChI=1S/C15H26N2O/c1-17(10-11-3-2-4-11)15(18)9-12-7-13-5-6-14(8-12)16-13/h11-14,16H,2-10H2,1H3. The van der Waals surface area contributed by atoms with Crippen LogP contribution in [0.15, 0.2) is 0 Å². The van der Waals surface area contributed by atoms with Crippen LogP contribution in [0, 0.1) is 11.8 Å². The molecule has 0 aromatic carbocycles. The number of carbonyl (C=O) groups excluding carboxylic acids is 1. The Kier molecular flexibility index (Phi) is 3.60. The van der Waals surface area contributed by atoms with Gasteiger partial charge in [0.25, 0.3) is 0 Å². The Hall–Kier alpha value is -0.570. The summed E-state index contributed by atoms with van der Waals surface area (Å²) in [5.41, 5.74) is 0. The maximum absolute atomic E-state index is 12.2. The number of carbonyl (C=O) groups is 1. The van der Waals surface area contributed by atoms with Crippen LogP contribution < -0.4 is 5.32 Å². The van der Waals surface area contributed by atoms with Crippen molar-refractivity contribution in [3.8, 4) is 0 Å². The predicted molar refractivity (Wildman–Crippen MR) is 72.3 cm³/mol. The summed E-state index contributed by atoms with van der Waals surface area (Å²) in [5.74, 6) is 1.82. The van der Waals surface area contributed by atoms with Crippen molar-refractivity contribution < 1.29 is 4.79 Å². The third-order valence-corrected chi connectivity index (χ3v) is 5.22. The zero-order valence-electron chi connectivity index (χ0n) is 11.5. The fourth-order valence-corrected chi connectivity index (χ4v) is 3.91. The summed E-state index contributed by atoms with van der Waals surface area (Å²) >= 11 is 0. The second kappa shape index (κ2) is 5.20. The number of piperidine rings is 1. The molecule has 2 unspecified atom stereocenters. The van der Waals surface area contributed by atoms with Crippen molar-refractivity contribution in [3.63, 3.8) is 0 Å². The molecule has 0 spiro atoms. The van der Waals surface area contributed by atoms with Gasteiger partial charge in [0, 0.05) is 32.1 Å². The van der Waals surface area contributed by atoms with Crippen molar-refractivity contribution in [2.24, 2.45) is 11.8 Å². The van der Waals surface area contributed by atoms with E-state index >= 15 is 0 Å². The zero-order chi connectivity index (χ0) is 12.5. The van der Waals surface area contributed by atoms with Gasteiger partial charge in [0.15, 0.2) is 0 Å². The van der Waals surface area contributed by atoms with Crippen molar-refractivity contribution in [1.82, 2.24) is 10.2 Å². The average Bonchev–Trinajstić information content (AvgIpc) is 2.63. The lowest BCUT2D eigenvalue weighted by atomic mass is 9.85. The van der Waals surface area contributed by atoms with Crippen LogP contribution >= 0.6 is 0 Å². The molecule has 0 aromatic rings. The Labute approximate surface area is 110 Å². The Morgan fingerprint density at radius 3 is 2.33 bits per heavy atom. The van der Waals surface area contributed by atoms with Crippen molar-refractivity contribution in [3.05, 3.63) is 0 Å². The molecule has 3 nitrogen and oxygen atoms in total. The second-order valence-electron chi connectivity index (χ2n) is 6.75. The number of hydrogen-bond donors (Lipinski definition) is 1. The highest BCUT2D eigenvalue weighted by atomic mass is 16.2. The smallest absolute Gasteiger partial charge is 0.222 e. The quantitative estimate of drug-likeness (QED) is 0.829. The Bertz CT molecular complexity index is 302. The molecule has 0 aromatic heterocycles. The van der Waals surface area contributed by atoms with Crippen LogP contribution in [0.3, 0.4) is 0 Å². The van der Waals surface area contributed by atoms with Gasteiger partial charge >= 0.3 is 0 Å². The van der Waals surface area contributed by atoms with Gasteiger partial charge in [-0.3, -0.25) is 4.79 Å². The van der Waals surface area contributed by atoms with Crippen LogP contribution in [-0.4, -0.2) is 36.5 Å². The zero-order valence-corrected chi connectivity index (χ0v) is 11.5. The molecule has 1 amide bonds. The minimum absolute atomic E-state index is 0.383. The van der Waals surface area contributed by atoms with E-state index in [9.17, 15) is 4.79 Å². The molecule has 3 heteroatoms. The van der Waals surface area contributed by atoms with Gasteiger partial charge in [-0.1, -0.05) is 6.42 Å². The first kappa shape index (κ1) is 12.5. The molecule has 2 saturated heterocycles. The lowest BCUT2D eigenvalue weighted by molar-refractivity contribution is -0.132. The normalized spacial score (nSPS) is 35.3. The van der Waals surface area contributed by atoms with E-state index in [1.54, 1.807) is 0 Å². The molecule has 1 N–H and O–H groups in total. The molecule has 3 aliphatic rings. The summed E-state index contributed by atoms with van der Waals surface area (Å²) in [6, 6.07) is 1.41. The molecular weight excluding hydrogens is 224 g/mol. The van der Waals surface area contributed by atoms with Crippen LogP contribution in [0.1, 0.15) is 51.4 Å². The minimum Gasteiger partial charge on any atom is -0.345 e. The number of hydrogen-bond acceptors (Lipinski definition) is 2. The van der Waals surface area contributed by atoms with Gasteiger partial charge in [0.2, 0.25) is 5.91 Å². The highest BCUT2D eigenvalue weighted by Gasteiger charge is 2.34. The highest BCUT2D eigenvalue weighted by molar-refractivity contribution is 5.76. The first-order valence-electron chi connectivity index (χ1n) is 7.70. The molecule has 2 atom stereocenters. The number of rotatable bonds is 4. The molecule has 18 heavy (non-hydrogen) atoms. The van der Waals surface area contributed by atoms with Crippen LogP contribution in [0.2, 0.25) is 0 Å². The third kappa shape index (κ3) is 2.71. The topological polar surface area (TPSA) is 32.3 Å². The summed E-state index contributed by atoms with van der Waals surface area (Å²) in [6.07, 6.45) is 9.91. The first-order valence-corrected chi connectivity index (χ1v) is 7.70. The monoisotopic (exact) mass is 250 g/mol. The first-order chi connectivity index (χ1) is 8.70. The van der Waals surface area contributed by atoms with Crippen LogP contribution in [0.25, 0.3) is 0 Å². The fraction of sp³-hybridized carbons (Fsp3) is 0.933. The van der Waals surface area contributed by atoms with Gasteiger partial charge in [-0.2, -0.15) is 0 Å². The largest absolute Gasteiger partial charge is 0.345 e. The Balaban J connectivity index is 1.45. The average molecular weight is 250 g/mol.